The maximum Gasteiger partial charge on any atom is 0.318 e. The lowest BCUT2D eigenvalue weighted by molar-refractivity contribution is 0.103. The van der Waals surface area contributed by atoms with Crippen molar-refractivity contribution in [3.8, 4) is 5.88 Å². The SMILES string of the molecule is COc1cc(C)c(CN2CCC3C(C2)NC(=O)N3C2CCNCC2)c(C)n1. The molecule has 1 aromatic heterocycles. The molecule has 2 amide bonds. The molecule has 0 aromatic carbocycles. The molecule has 0 spiro atoms. The van der Waals surface area contributed by atoms with E-state index in [4.69, 9.17) is 4.74 Å². The van der Waals surface area contributed by atoms with Crippen LogP contribution in [0.15, 0.2) is 6.07 Å². The number of carbonyl (C=O) groups is 1. The molecule has 0 aliphatic carbocycles. The van der Waals surface area contributed by atoms with Gasteiger partial charge in [0.2, 0.25) is 5.88 Å². The Hall–Kier alpha value is -1.86. The fourth-order valence-corrected chi connectivity index (χ4v) is 4.92. The number of hydrogen-bond donors (Lipinski definition) is 2. The average molecular weight is 374 g/mol. The second kappa shape index (κ2) is 7.64. The third kappa shape index (κ3) is 3.62. The number of carbonyl (C=O) groups excluding carboxylic acids is 1. The lowest BCUT2D eigenvalue weighted by Gasteiger charge is -2.40. The van der Waals surface area contributed by atoms with Crippen LogP contribution in [0.1, 0.15) is 36.1 Å². The first kappa shape index (κ1) is 18.5. The monoisotopic (exact) mass is 373 g/mol. The zero-order valence-corrected chi connectivity index (χ0v) is 16.6. The van der Waals surface area contributed by atoms with Crippen molar-refractivity contribution in [1.82, 2.24) is 25.4 Å². The average Bonchev–Trinajstić information content (AvgIpc) is 3.00. The maximum absolute atomic E-state index is 12.6. The van der Waals surface area contributed by atoms with Crippen molar-refractivity contribution in [3.63, 3.8) is 0 Å². The van der Waals surface area contributed by atoms with Gasteiger partial charge < -0.3 is 20.3 Å². The molecule has 0 radical (unpaired) electrons. The minimum Gasteiger partial charge on any atom is -0.481 e. The highest BCUT2D eigenvalue weighted by atomic mass is 16.5. The van der Waals surface area contributed by atoms with E-state index in [2.05, 4.69) is 32.3 Å². The van der Waals surface area contributed by atoms with Crippen LogP contribution in [0.3, 0.4) is 0 Å². The number of ether oxygens (including phenoxy) is 1. The summed E-state index contributed by atoms with van der Waals surface area (Å²) in [6, 6.07) is 3.10. The number of nitrogens with zero attached hydrogens (tertiary/aromatic N) is 3. The Kier molecular flexibility index (Phi) is 5.23. The molecule has 4 heterocycles. The van der Waals surface area contributed by atoms with E-state index < -0.39 is 0 Å². The van der Waals surface area contributed by atoms with Crippen LogP contribution in [-0.4, -0.2) is 72.2 Å². The van der Waals surface area contributed by atoms with E-state index in [0.29, 0.717) is 18.0 Å². The molecule has 3 aliphatic rings. The highest BCUT2D eigenvalue weighted by molar-refractivity contribution is 5.78. The van der Waals surface area contributed by atoms with Crippen LogP contribution in [0, 0.1) is 13.8 Å². The van der Waals surface area contributed by atoms with E-state index >= 15 is 0 Å². The van der Waals surface area contributed by atoms with E-state index in [1.165, 1.54) is 11.1 Å². The number of likely N-dealkylation sites (tertiary alicyclic amines) is 1. The number of aryl methyl sites for hydroxylation is 2. The van der Waals surface area contributed by atoms with Crippen LogP contribution in [0.2, 0.25) is 0 Å². The van der Waals surface area contributed by atoms with Gasteiger partial charge in [-0.05, 0) is 57.3 Å². The van der Waals surface area contributed by atoms with Crippen LogP contribution in [-0.2, 0) is 6.54 Å². The Morgan fingerprint density at radius 3 is 2.74 bits per heavy atom. The minimum absolute atomic E-state index is 0.136. The van der Waals surface area contributed by atoms with Gasteiger partial charge >= 0.3 is 6.03 Å². The summed E-state index contributed by atoms with van der Waals surface area (Å²) in [7, 11) is 1.66. The van der Waals surface area contributed by atoms with Crippen molar-refractivity contribution in [2.24, 2.45) is 0 Å². The molecule has 1 aromatic rings. The minimum atomic E-state index is 0.136. The number of hydrogen-bond acceptors (Lipinski definition) is 5. The van der Waals surface area contributed by atoms with Gasteiger partial charge in [0.05, 0.1) is 19.2 Å². The van der Waals surface area contributed by atoms with Crippen LogP contribution in [0.5, 0.6) is 5.88 Å². The summed E-state index contributed by atoms with van der Waals surface area (Å²) in [4.78, 5) is 21.8. The summed E-state index contributed by atoms with van der Waals surface area (Å²) in [5.41, 5.74) is 3.52. The first-order valence-corrected chi connectivity index (χ1v) is 10.1. The van der Waals surface area contributed by atoms with Crippen molar-refractivity contribution < 1.29 is 9.53 Å². The molecule has 27 heavy (non-hydrogen) atoms. The second-order valence-electron chi connectivity index (χ2n) is 8.08. The smallest absolute Gasteiger partial charge is 0.318 e. The van der Waals surface area contributed by atoms with Gasteiger partial charge in [0.15, 0.2) is 0 Å². The van der Waals surface area contributed by atoms with Gasteiger partial charge in [-0.2, -0.15) is 0 Å². The highest BCUT2D eigenvalue weighted by Gasteiger charge is 2.45. The standard InChI is InChI=1S/C20H31N5O2/c1-13-10-19(27-3)22-14(2)16(13)11-24-9-6-18-17(12-24)23-20(26)25(18)15-4-7-21-8-5-15/h10,15,17-18,21H,4-9,11-12H2,1-3H3,(H,23,26). The molecule has 4 rings (SSSR count). The molecule has 3 aliphatic heterocycles. The molecule has 7 nitrogen and oxygen atoms in total. The molecule has 0 saturated carbocycles. The fraction of sp³-hybridized carbons (Fsp3) is 0.700. The number of urea groups is 1. The van der Waals surface area contributed by atoms with Gasteiger partial charge in [0.1, 0.15) is 0 Å². The second-order valence-corrected chi connectivity index (χ2v) is 8.08. The Balaban J connectivity index is 1.43. The third-order valence-corrected chi connectivity index (χ3v) is 6.38. The van der Waals surface area contributed by atoms with E-state index in [0.717, 1.165) is 57.7 Å². The molecule has 2 atom stereocenters. The predicted octanol–water partition coefficient (Wildman–Crippen LogP) is 1.43. The van der Waals surface area contributed by atoms with E-state index in [1.807, 2.05) is 13.0 Å². The first-order chi connectivity index (χ1) is 13.1. The van der Waals surface area contributed by atoms with Crippen molar-refractivity contribution in [2.75, 3.05) is 33.3 Å². The normalized spacial score (nSPS) is 26.8. The Bertz CT molecular complexity index is 681. The third-order valence-electron chi connectivity index (χ3n) is 6.38. The zero-order valence-electron chi connectivity index (χ0n) is 16.6. The summed E-state index contributed by atoms with van der Waals surface area (Å²) in [5, 5.41) is 6.65. The number of methoxy groups -OCH3 is 1. The summed E-state index contributed by atoms with van der Waals surface area (Å²) in [6.07, 6.45) is 3.17. The Morgan fingerprint density at radius 1 is 1.26 bits per heavy atom. The Morgan fingerprint density at radius 2 is 2.04 bits per heavy atom. The number of rotatable bonds is 4. The van der Waals surface area contributed by atoms with Gasteiger partial charge in [0, 0.05) is 37.4 Å². The summed E-state index contributed by atoms with van der Waals surface area (Å²) < 4.78 is 5.28. The van der Waals surface area contributed by atoms with Crippen molar-refractivity contribution in [2.45, 2.75) is 57.8 Å². The van der Waals surface area contributed by atoms with Crippen molar-refractivity contribution >= 4 is 6.03 Å². The molecule has 2 unspecified atom stereocenters. The number of nitrogens with one attached hydrogen (secondary N) is 2. The van der Waals surface area contributed by atoms with Crippen LogP contribution in [0.25, 0.3) is 0 Å². The van der Waals surface area contributed by atoms with Gasteiger partial charge in [-0.15, -0.1) is 0 Å². The highest BCUT2D eigenvalue weighted by Crippen LogP contribution is 2.29. The van der Waals surface area contributed by atoms with Gasteiger partial charge in [-0.25, -0.2) is 9.78 Å². The fourth-order valence-electron chi connectivity index (χ4n) is 4.92. The lowest BCUT2D eigenvalue weighted by atomic mass is 9.95. The van der Waals surface area contributed by atoms with Crippen LogP contribution in [0.4, 0.5) is 4.79 Å². The summed E-state index contributed by atoms with van der Waals surface area (Å²) in [6.45, 7) is 9.00. The quantitative estimate of drug-likeness (QED) is 0.836. The summed E-state index contributed by atoms with van der Waals surface area (Å²) >= 11 is 0. The molecule has 3 saturated heterocycles. The molecular formula is C20H31N5O2. The van der Waals surface area contributed by atoms with Crippen LogP contribution >= 0.6 is 0 Å². The van der Waals surface area contributed by atoms with Gasteiger partial charge in [-0.1, -0.05) is 0 Å². The molecule has 148 valence electrons. The van der Waals surface area contributed by atoms with Crippen molar-refractivity contribution in [3.05, 3.63) is 22.9 Å². The number of piperidine rings is 2. The maximum atomic E-state index is 12.6. The Labute approximate surface area is 161 Å². The number of amides is 2. The molecule has 2 N–H and O–H groups in total. The van der Waals surface area contributed by atoms with Crippen LogP contribution < -0.4 is 15.4 Å². The number of aromatic nitrogens is 1. The first-order valence-electron chi connectivity index (χ1n) is 10.1. The predicted molar refractivity (Wildman–Crippen MR) is 104 cm³/mol. The molecule has 0 bridgehead atoms. The topological polar surface area (TPSA) is 69.7 Å². The molecule has 3 fully saturated rings. The van der Waals surface area contributed by atoms with E-state index in [1.54, 1.807) is 7.11 Å². The van der Waals surface area contributed by atoms with E-state index in [-0.39, 0.29) is 12.1 Å². The zero-order chi connectivity index (χ0) is 19.0. The number of pyridine rings is 1. The molecular weight excluding hydrogens is 342 g/mol. The summed E-state index contributed by atoms with van der Waals surface area (Å²) in [5.74, 6) is 0.674. The molecule has 7 heteroatoms. The van der Waals surface area contributed by atoms with Gasteiger partial charge in [-0.3, -0.25) is 4.90 Å². The number of fused-ring (bicyclic) bond motifs is 1. The van der Waals surface area contributed by atoms with E-state index in [9.17, 15) is 4.79 Å². The van der Waals surface area contributed by atoms with Crippen molar-refractivity contribution in [1.29, 1.82) is 0 Å². The van der Waals surface area contributed by atoms with Gasteiger partial charge in [0.25, 0.3) is 0 Å². The largest absolute Gasteiger partial charge is 0.481 e. The lowest BCUT2D eigenvalue weighted by Crippen LogP contribution is -2.53.